The summed E-state index contributed by atoms with van der Waals surface area (Å²) in [5.41, 5.74) is 2.23. The molecule has 29 heavy (non-hydrogen) atoms. The summed E-state index contributed by atoms with van der Waals surface area (Å²) in [6.45, 7) is 4.63. The van der Waals surface area contributed by atoms with Crippen LogP contribution in [0.5, 0.6) is 5.75 Å². The molecule has 0 aromatic heterocycles. The summed E-state index contributed by atoms with van der Waals surface area (Å²) in [5.74, 6) is 6.81. The molecule has 2 N–H and O–H groups in total. The second kappa shape index (κ2) is 9.96. The van der Waals surface area contributed by atoms with Gasteiger partial charge in [0.05, 0.1) is 18.8 Å². The van der Waals surface area contributed by atoms with Crippen LogP contribution in [0.2, 0.25) is 0 Å². The predicted molar refractivity (Wildman–Crippen MR) is 110 cm³/mol. The Morgan fingerprint density at radius 3 is 3.00 bits per heavy atom. The van der Waals surface area contributed by atoms with Crippen molar-refractivity contribution in [3.05, 3.63) is 41.5 Å². The van der Waals surface area contributed by atoms with E-state index in [-0.39, 0.29) is 23.9 Å². The second-order valence-corrected chi connectivity index (χ2v) is 7.95. The number of fused-ring (bicyclic) bond motifs is 3. The first-order chi connectivity index (χ1) is 14.1. The summed E-state index contributed by atoms with van der Waals surface area (Å²) < 4.78 is 11.0. The standard InChI is InChI=1S/C24H30O5/c1-3-4-7-16(2)20(26)12-11-18-21(27)14-22-23(18)19-10-5-8-17(24(19)29-22)9-6-13-28-15-25/h5,8,10-12,15-16,18,20-23,26-27H,6-7,9,13-14H2,1-2H3/t16?,18-,20+,21+,22-,23-/m0/s1. The molecule has 1 saturated carbocycles. The highest BCUT2D eigenvalue weighted by molar-refractivity contribution is 5.49. The number of hydrogen-bond acceptors (Lipinski definition) is 5. The number of aryl methyl sites for hydroxylation is 1. The Hall–Kier alpha value is -2.29. The number of para-hydroxylation sites is 1. The maximum Gasteiger partial charge on any atom is 0.293 e. The van der Waals surface area contributed by atoms with Gasteiger partial charge in [-0.1, -0.05) is 37.3 Å². The molecule has 5 nitrogen and oxygen atoms in total. The minimum Gasteiger partial charge on any atom is -0.489 e. The van der Waals surface area contributed by atoms with Crippen LogP contribution in [0.3, 0.4) is 0 Å². The molecule has 5 heteroatoms. The molecule has 156 valence electrons. The number of carbonyl (C=O) groups excluding carboxylic acids is 1. The molecule has 1 aromatic carbocycles. The average molecular weight is 398 g/mol. The molecule has 1 fully saturated rings. The molecular formula is C24H30O5. The zero-order chi connectivity index (χ0) is 20.8. The first-order valence-corrected chi connectivity index (χ1v) is 10.3. The van der Waals surface area contributed by atoms with Gasteiger partial charge in [-0.15, -0.1) is 11.8 Å². The first kappa shape index (κ1) is 21.4. The smallest absolute Gasteiger partial charge is 0.293 e. The number of carbonyl (C=O) groups is 1. The van der Waals surface area contributed by atoms with Crippen LogP contribution in [-0.4, -0.2) is 41.6 Å². The summed E-state index contributed by atoms with van der Waals surface area (Å²) in [6.07, 6.45) is 5.36. The topological polar surface area (TPSA) is 76.0 Å². The number of benzene rings is 1. The SMILES string of the molecule is CC#CCC(C)[C@H](O)C=C[C@@H]1[C@H]2c3cccc(CCCOC=O)c3O[C@H]2C[C@H]1O. The van der Waals surface area contributed by atoms with Gasteiger partial charge in [-0.05, 0) is 31.2 Å². The minimum absolute atomic E-state index is 0.0420. The Morgan fingerprint density at radius 2 is 2.24 bits per heavy atom. The number of rotatable bonds is 9. The molecule has 1 aromatic rings. The van der Waals surface area contributed by atoms with E-state index in [0.717, 1.165) is 29.7 Å². The number of ether oxygens (including phenoxy) is 2. The maximum atomic E-state index is 10.6. The fourth-order valence-corrected chi connectivity index (χ4v) is 4.37. The van der Waals surface area contributed by atoms with Crippen molar-refractivity contribution in [2.45, 2.75) is 63.8 Å². The Morgan fingerprint density at radius 1 is 1.41 bits per heavy atom. The zero-order valence-electron chi connectivity index (χ0n) is 17.1. The molecule has 6 atom stereocenters. The fraction of sp³-hybridized carbons (Fsp3) is 0.542. The Balaban J connectivity index is 1.73. The van der Waals surface area contributed by atoms with E-state index in [4.69, 9.17) is 9.47 Å². The maximum absolute atomic E-state index is 10.6. The van der Waals surface area contributed by atoms with Gasteiger partial charge in [0.15, 0.2) is 0 Å². The van der Waals surface area contributed by atoms with Crippen molar-refractivity contribution in [2.75, 3.05) is 6.61 Å². The van der Waals surface area contributed by atoms with Gasteiger partial charge in [0.1, 0.15) is 11.9 Å². The summed E-state index contributed by atoms with van der Waals surface area (Å²) in [4.78, 5) is 10.3. The highest BCUT2D eigenvalue weighted by atomic mass is 16.5. The molecule has 3 rings (SSSR count). The van der Waals surface area contributed by atoms with Gasteiger partial charge in [-0.3, -0.25) is 4.79 Å². The van der Waals surface area contributed by atoms with Crippen LogP contribution in [-0.2, 0) is 16.0 Å². The van der Waals surface area contributed by atoms with Gasteiger partial charge in [0.2, 0.25) is 0 Å². The van der Waals surface area contributed by atoms with Crippen molar-refractivity contribution in [3.8, 4) is 17.6 Å². The molecule has 1 aliphatic carbocycles. The van der Waals surface area contributed by atoms with E-state index >= 15 is 0 Å². The minimum atomic E-state index is -0.590. The number of aliphatic hydroxyl groups is 2. The second-order valence-electron chi connectivity index (χ2n) is 7.95. The average Bonchev–Trinajstić information content (AvgIpc) is 3.22. The van der Waals surface area contributed by atoms with Crippen LogP contribution in [0, 0.1) is 23.7 Å². The normalized spacial score (nSPS) is 26.8. The van der Waals surface area contributed by atoms with Gasteiger partial charge in [-0.2, -0.15) is 0 Å². The summed E-state index contributed by atoms with van der Waals surface area (Å²) >= 11 is 0. The molecular weight excluding hydrogens is 368 g/mol. The Kier molecular flexibility index (Phi) is 7.35. The number of aliphatic hydroxyl groups excluding tert-OH is 2. The first-order valence-electron chi connectivity index (χ1n) is 10.3. The van der Waals surface area contributed by atoms with Gasteiger partial charge >= 0.3 is 0 Å². The van der Waals surface area contributed by atoms with Crippen LogP contribution in [0.1, 0.15) is 50.2 Å². The summed E-state index contributed by atoms with van der Waals surface area (Å²) in [7, 11) is 0. The van der Waals surface area contributed by atoms with E-state index in [0.29, 0.717) is 25.9 Å². The van der Waals surface area contributed by atoms with Crippen LogP contribution in [0.25, 0.3) is 0 Å². The number of hydrogen-bond donors (Lipinski definition) is 2. The van der Waals surface area contributed by atoms with Crippen LogP contribution >= 0.6 is 0 Å². The van der Waals surface area contributed by atoms with Gasteiger partial charge in [-0.25, -0.2) is 0 Å². The molecule has 0 amide bonds. The molecule has 1 unspecified atom stereocenters. The lowest BCUT2D eigenvalue weighted by molar-refractivity contribution is -0.128. The monoisotopic (exact) mass is 398 g/mol. The quantitative estimate of drug-likeness (QED) is 0.289. The van der Waals surface area contributed by atoms with E-state index in [1.807, 2.05) is 25.1 Å². The fourth-order valence-electron chi connectivity index (χ4n) is 4.37. The lowest BCUT2D eigenvalue weighted by Crippen LogP contribution is -2.19. The van der Waals surface area contributed by atoms with E-state index in [1.54, 1.807) is 13.0 Å². The highest BCUT2D eigenvalue weighted by Crippen LogP contribution is 2.52. The van der Waals surface area contributed by atoms with Crippen molar-refractivity contribution >= 4 is 6.47 Å². The molecule has 1 aliphatic heterocycles. The van der Waals surface area contributed by atoms with Crippen molar-refractivity contribution in [2.24, 2.45) is 11.8 Å². The van der Waals surface area contributed by atoms with Crippen LogP contribution in [0.4, 0.5) is 0 Å². The van der Waals surface area contributed by atoms with Gasteiger partial charge < -0.3 is 19.7 Å². The zero-order valence-corrected chi connectivity index (χ0v) is 17.1. The van der Waals surface area contributed by atoms with Crippen LogP contribution < -0.4 is 4.74 Å². The van der Waals surface area contributed by atoms with Crippen LogP contribution in [0.15, 0.2) is 30.4 Å². The molecule has 0 bridgehead atoms. The summed E-state index contributed by atoms with van der Waals surface area (Å²) in [5, 5.41) is 21.0. The predicted octanol–water partition coefficient (Wildman–Crippen LogP) is 2.98. The third-order valence-electron chi connectivity index (χ3n) is 5.98. The molecule has 0 radical (unpaired) electrons. The van der Waals surface area contributed by atoms with Gasteiger partial charge in [0.25, 0.3) is 6.47 Å². The highest BCUT2D eigenvalue weighted by Gasteiger charge is 2.48. The molecule has 2 aliphatic rings. The van der Waals surface area contributed by atoms with E-state index in [1.165, 1.54) is 0 Å². The summed E-state index contributed by atoms with van der Waals surface area (Å²) in [6, 6.07) is 6.13. The third kappa shape index (κ3) is 4.83. The van der Waals surface area contributed by atoms with Crippen molar-refractivity contribution in [1.29, 1.82) is 0 Å². The van der Waals surface area contributed by atoms with Crippen molar-refractivity contribution in [3.63, 3.8) is 0 Å². The van der Waals surface area contributed by atoms with Crippen molar-refractivity contribution < 1.29 is 24.5 Å². The van der Waals surface area contributed by atoms with Gasteiger partial charge in [0, 0.05) is 30.2 Å². The van der Waals surface area contributed by atoms with Crippen molar-refractivity contribution in [1.82, 2.24) is 0 Å². The van der Waals surface area contributed by atoms with E-state index < -0.39 is 12.2 Å². The lowest BCUT2D eigenvalue weighted by atomic mass is 9.86. The molecule has 1 heterocycles. The van der Waals surface area contributed by atoms with E-state index in [9.17, 15) is 15.0 Å². The molecule has 0 spiro atoms. The largest absolute Gasteiger partial charge is 0.489 e. The van der Waals surface area contributed by atoms with E-state index in [2.05, 4.69) is 17.9 Å². The Bertz CT molecular complexity index is 790. The molecule has 0 saturated heterocycles. The third-order valence-corrected chi connectivity index (χ3v) is 5.98. The Labute approximate surface area is 172 Å². The lowest BCUT2D eigenvalue weighted by Gasteiger charge is -2.19.